The first-order valence-corrected chi connectivity index (χ1v) is 7.54. The molecule has 3 aromatic rings. The zero-order chi connectivity index (χ0) is 16.9. The molecule has 6 nitrogen and oxygen atoms in total. The molecule has 0 spiro atoms. The number of aromatic nitrogens is 2. The smallest absolute Gasteiger partial charge is 0.251 e. The molecule has 0 aliphatic heterocycles. The zero-order valence-electron chi connectivity index (χ0n) is 13.1. The molecule has 1 heterocycles. The number of carbonyl (C=O) groups excluding carboxylic acids is 1. The van der Waals surface area contributed by atoms with Gasteiger partial charge in [-0.1, -0.05) is 41.6 Å². The summed E-state index contributed by atoms with van der Waals surface area (Å²) < 4.78 is 4.69. The second kappa shape index (κ2) is 7.06. The van der Waals surface area contributed by atoms with Crippen LogP contribution < -0.4 is 5.32 Å². The third-order valence-corrected chi connectivity index (χ3v) is 3.77. The van der Waals surface area contributed by atoms with Gasteiger partial charge in [0.2, 0.25) is 12.2 Å². The van der Waals surface area contributed by atoms with Gasteiger partial charge in [0.05, 0.1) is 6.10 Å². The van der Waals surface area contributed by atoms with Crippen molar-refractivity contribution < 1.29 is 14.4 Å². The van der Waals surface area contributed by atoms with Crippen molar-refractivity contribution in [3.8, 4) is 11.4 Å². The summed E-state index contributed by atoms with van der Waals surface area (Å²) in [6.07, 6.45) is 0.511. The lowest BCUT2D eigenvalue weighted by molar-refractivity contribution is 0.0916. The largest absolute Gasteiger partial charge is 0.387 e. The van der Waals surface area contributed by atoms with Crippen LogP contribution in [0.1, 0.15) is 27.6 Å². The molecular formula is C18H17N3O3. The maximum atomic E-state index is 12.2. The highest BCUT2D eigenvalue weighted by molar-refractivity contribution is 5.94. The van der Waals surface area contributed by atoms with Crippen LogP contribution in [0.5, 0.6) is 0 Å². The molecule has 6 heteroatoms. The van der Waals surface area contributed by atoms with Crippen molar-refractivity contribution in [2.45, 2.75) is 13.0 Å². The van der Waals surface area contributed by atoms with Gasteiger partial charge in [0.1, 0.15) is 0 Å². The molecule has 0 saturated heterocycles. The van der Waals surface area contributed by atoms with Gasteiger partial charge in [0.25, 0.3) is 5.91 Å². The number of hydrogen-bond acceptors (Lipinski definition) is 5. The number of hydrogen-bond donors (Lipinski definition) is 2. The molecule has 24 heavy (non-hydrogen) atoms. The fraction of sp³-hybridized carbons (Fsp3) is 0.167. The van der Waals surface area contributed by atoms with Crippen LogP contribution in [-0.2, 0) is 0 Å². The summed E-state index contributed by atoms with van der Waals surface area (Å²) in [7, 11) is 0. The summed E-state index contributed by atoms with van der Waals surface area (Å²) >= 11 is 0. The fourth-order valence-corrected chi connectivity index (χ4v) is 2.43. The second-order valence-electron chi connectivity index (χ2n) is 5.41. The molecule has 0 saturated carbocycles. The van der Waals surface area contributed by atoms with Crippen molar-refractivity contribution in [1.82, 2.24) is 15.5 Å². The van der Waals surface area contributed by atoms with Gasteiger partial charge in [-0.2, -0.15) is 4.98 Å². The predicted molar refractivity (Wildman–Crippen MR) is 88.2 cm³/mol. The van der Waals surface area contributed by atoms with E-state index in [1.165, 1.54) is 6.39 Å². The van der Waals surface area contributed by atoms with E-state index in [0.29, 0.717) is 11.4 Å². The number of aryl methyl sites for hydroxylation is 1. The van der Waals surface area contributed by atoms with E-state index in [2.05, 4.69) is 15.5 Å². The maximum Gasteiger partial charge on any atom is 0.251 e. The topological polar surface area (TPSA) is 88.2 Å². The normalized spacial score (nSPS) is 11.9. The molecule has 1 amide bonds. The molecular weight excluding hydrogens is 306 g/mol. The van der Waals surface area contributed by atoms with Crippen LogP contribution in [0.25, 0.3) is 11.4 Å². The first-order chi connectivity index (χ1) is 11.6. The lowest BCUT2D eigenvalue weighted by Gasteiger charge is -2.14. The van der Waals surface area contributed by atoms with Crippen molar-refractivity contribution in [1.29, 1.82) is 0 Å². The summed E-state index contributed by atoms with van der Waals surface area (Å²) in [6, 6.07) is 14.4. The highest BCUT2D eigenvalue weighted by Crippen LogP contribution is 2.17. The van der Waals surface area contributed by atoms with E-state index in [1.54, 1.807) is 24.3 Å². The number of aliphatic hydroxyl groups is 1. The third-order valence-electron chi connectivity index (χ3n) is 3.77. The Morgan fingerprint density at radius 1 is 1.21 bits per heavy atom. The summed E-state index contributed by atoms with van der Waals surface area (Å²) in [5.41, 5.74) is 3.06. The van der Waals surface area contributed by atoms with Crippen molar-refractivity contribution in [3.63, 3.8) is 0 Å². The number of rotatable bonds is 5. The van der Waals surface area contributed by atoms with Crippen LogP contribution in [0.15, 0.2) is 59.4 Å². The summed E-state index contributed by atoms with van der Waals surface area (Å²) in [5, 5.41) is 16.7. The van der Waals surface area contributed by atoms with Crippen LogP contribution in [0.2, 0.25) is 0 Å². The molecule has 3 rings (SSSR count). The molecule has 0 radical (unpaired) electrons. The van der Waals surface area contributed by atoms with Gasteiger partial charge >= 0.3 is 0 Å². The molecule has 2 aromatic carbocycles. The first kappa shape index (κ1) is 15.9. The van der Waals surface area contributed by atoms with Gasteiger partial charge in [0.15, 0.2) is 0 Å². The fourth-order valence-electron chi connectivity index (χ4n) is 2.43. The number of nitrogens with one attached hydrogen (secondary N) is 1. The minimum atomic E-state index is -0.742. The molecule has 2 N–H and O–H groups in total. The van der Waals surface area contributed by atoms with E-state index in [4.69, 9.17) is 4.52 Å². The van der Waals surface area contributed by atoms with Gasteiger partial charge in [-0.05, 0) is 30.2 Å². The lowest BCUT2D eigenvalue weighted by Crippen LogP contribution is -2.28. The lowest BCUT2D eigenvalue weighted by atomic mass is 10.0. The SMILES string of the molecule is Cc1ccccc1C(O)CNC(=O)c1ccc(-c2ncon2)cc1. The second-order valence-corrected chi connectivity index (χ2v) is 5.41. The minimum Gasteiger partial charge on any atom is -0.387 e. The van der Waals surface area contributed by atoms with E-state index in [0.717, 1.165) is 16.7 Å². The Labute approximate surface area is 139 Å². The average Bonchev–Trinajstić information content (AvgIpc) is 3.14. The highest BCUT2D eigenvalue weighted by Gasteiger charge is 2.13. The van der Waals surface area contributed by atoms with E-state index in [1.807, 2.05) is 31.2 Å². The van der Waals surface area contributed by atoms with Gasteiger partial charge < -0.3 is 14.9 Å². The molecule has 0 bridgehead atoms. The Hall–Kier alpha value is -2.99. The average molecular weight is 323 g/mol. The van der Waals surface area contributed by atoms with E-state index in [9.17, 15) is 9.90 Å². The van der Waals surface area contributed by atoms with Crippen molar-refractivity contribution in [3.05, 3.63) is 71.6 Å². The van der Waals surface area contributed by atoms with Gasteiger partial charge in [0, 0.05) is 17.7 Å². The first-order valence-electron chi connectivity index (χ1n) is 7.54. The molecule has 1 unspecified atom stereocenters. The summed E-state index contributed by atoms with van der Waals surface area (Å²) in [5.74, 6) is 0.222. The van der Waals surface area contributed by atoms with Crippen LogP contribution in [0.3, 0.4) is 0 Å². The number of benzene rings is 2. The molecule has 1 atom stereocenters. The van der Waals surface area contributed by atoms with Gasteiger partial charge in [-0.15, -0.1) is 0 Å². The summed E-state index contributed by atoms with van der Waals surface area (Å²) in [4.78, 5) is 16.1. The molecule has 122 valence electrons. The predicted octanol–water partition coefficient (Wildman–Crippen LogP) is 2.51. The Bertz CT molecular complexity index is 814. The standard InChI is InChI=1S/C18H17N3O3/c1-12-4-2-3-5-15(12)16(22)10-19-18(23)14-8-6-13(7-9-14)17-20-11-24-21-17/h2-9,11,16,22H,10H2,1H3,(H,19,23). The number of carbonyl (C=O) groups is 1. The molecule has 0 fully saturated rings. The van der Waals surface area contributed by atoms with Crippen LogP contribution in [0.4, 0.5) is 0 Å². The third kappa shape index (κ3) is 3.49. The van der Waals surface area contributed by atoms with E-state index < -0.39 is 6.10 Å². The molecule has 1 aromatic heterocycles. The minimum absolute atomic E-state index is 0.149. The molecule has 0 aliphatic carbocycles. The zero-order valence-corrected chi connectivity index (χ0v) is 13.1. The molecule has 0 aliphatic rings. The summed E-state index contributed by atoms with van der Waals surface area (Å²) in [6.45, 7) is 2.08. The van der Waals surface area contributed by atoms with Crippen molar-refractivity contribution in [2.75, 3.05) is 6.54 Å². The van der Waals surface area contributed by atoms with Crippen LogP contribution in [0, 0.1) is 6.92 Å². The van der Waals surface area contributed by atoms with Gasteiger partial charge in [-0.25, -0.2) is 0 Å². The Morgan fingerprint density at radius 3 is 2.62 bits per heavy atom. The number of aliphatic hydroxyl groups excluding tert-OH is 1. The van der Waals surface area contributed by atoms with Crippen molar-refractivity contribution >= 4 is 5.91 Å². The number of amides is 1. The quantitative estimate of drug-likeness (QED) is 0.753. The van der Waals surface area contributed by atoms with E-state index >= 15 is 0 Å². The Morgan fingerprint density at radius 2 is 1.96 bits per heavy atom. The van der Waals surface area contributed by atoms with Gasteiger partial charge in [-0.3, -0.25) is 4.79 Å². The van der Waals surface area contributed by atoms with Crippen LogP contribution >= 0.6 is 0 Å². The van der Waals surface area contributed by atoms with E-state index in [-0.39, 0.29) is 12.5 Å². The van der Waals surface area contributed by atoms with Crippen LogP contribution in [-0.4, -0.2) is 27.7 Å². The highest BCUT2D eigenvalue weighted by atomic mass is 16.5. The monoisotopic (exact) mass is 323 g/mol. The Balaban J connectivity index is 1.62. The maximum absolute atomic E-state index is 12.2. The Kier molecular flexibility index (Phi) is 4.67. The van der Waals surface area contributed by atoms with Crippen molar-refractivity contribution in [2.24, 2.45) is 0 Å². The number of nitrogens with zero attached hydrogens (tertiary/aromatic N) is 2.